The first kappa shape index (κ1) is 30.7. The molecule has 6 rings (SSSR count). The second-order valence-electron chi connectivity index (χ2n) is 10.3. The number of carbonyl (C=O) groups is 1. The number of nitrogens with zero attached hydrogens (tertiary/aromatic N) is 2. The minimum absolute atomic E-state index is 0.0399. The minimum Gasteiger partial charge on any atom is -0.496 e. The number of oxazole rings is 1. The zero-order valence-electron chi connectivity index (χ0n) is 24.7. The predicted molar refractivity (Wildman–Crippen MR) is 168 cm³/mol. The van der Waals surface area contributed by atoms with E-state index in [-0.39, 0.29) is 45.1 Å². The van der Waals surface area contributed by atoms with Crippen LogP contribution in [0.15, 0.2) is 81.6 Å². The summed E-state index contributed by atoms with van der Waals surface area (Å²) in [5, 5.41) is 2.90. The highest BCUT2D eigenvalue weighted by molar-refractivity contribution is 7.92. The van der Waals surface area contributed by atoms with E-state index in [1.54, 1.807) is 30.3 Å². The van der Waals surface area contributed by atoms with Crippen molar-refractivity contribution in [1.29, 1.82) is 0 Å². The molecule has 0 aliphatic carbocycles. The summed E-state index contributed by atoms with van der Waals surface area (Å²) in [7, 11) is -1.15. The molecule has 0 radical (unpaired) electrons. The molecule has 1 N–H and O–H groups in total. The topological polar surface area (TPSA) is 115 Å². The summed E-state index contributed by atoms with van der Waals surface area (Å²) in [5.41, 5.74) is 1.96. The number of fused-ring (bicyclic) bond motifs is 2. The summed E-state index contributed by atoms with van der Waals surface area (Å²) in [4.78, 5) is 17.7. The van der Waals surface area contributed by atoms with Crippen LogP contribution in [0.1, 0.15) is 10.4 Å². The Kier molecular flexibility index (Phi) is 7.94. The summed E-state index contributed by atoms with van der Waals surface area (Å²) in [6.07, 6.45) is 0.949. The monoisotopic (exact) mass is 649 g/mol. The highest BCUT2D eigenvalue weighted by Gasteiger charge is 2.28. The number of nitrogens with one attached hydrogen (secondary N) is 1. The molecular formula is C33H26F3N3O6S. The number of ether oxygens (including phenoxy) is 1. The van der Waals surface area contributed by atoms with Gasteiger partial charge in [-0.25, -0.2) is 26.6 Å². The van der Waals surface area contributed by atoms with Crippen molar-refractivity contribution in [1.82, 2.24) is 10.3 Å². The van der Waals surface area contributed by atoms with Gasteiger partial charge in [0.05, 0.1) is 36.7 Å². The Labute approximate surface area is 261 Å². The molecule has 0 aliphatic rings. The van der Waals surface area contributed by atoms with Crippen molar-refractivity contribution in [3.05, 3.63) is 90.0 Å². The molecule has 0 spiro atoms. The van der Waals surface area contributed by atoms with Gasteiger partial charge < -0.3 is 18.9 Å². The first-order valence-electron chi connectivity index (χ1n) is 13.9. The van der Waals surface area contributed by atoms with E-state index < -0.39 is 40.8 Å². The summed E-state index contributed by atoms with van der Waals surface area (Å²) in [6.45, 7) is -1.49. The number of benzene rings is 4. The van der Waals surface area contributed by atoms with E-state index in [1.165, 1.54) is 56.6 Å². The number of para-hydroxylation sites is 1. The number of carbonyl (C=O) groups excluding carboxylic acids is 1. The van der Waals surface area contributed by atoms with Crippen LogP contribution in [0.5, 0.6) is 5.75 Å². The fraction of sp³-hybridized carbons (Fsp3) is 0.152. The standard InChI is InChI=1S/C33H26F3N3O6S/c1-37-32(40)29-22-16-21(19-9-12-27(43-2)23(15-19)33-38-25-6-4-5-24(36)31(25)45-33)26(39(14-13-34)46(3,41)42)17-28(22)44-30(29)18-7-10-20(35)11-8-18/h4-12,15-17H,13-14H2,1-3H3,(H,37,40). The summed E-state index contributed by atoms with van der Waals surface area (Å²) >= 11 is 0. The Morgan fingerprint density at radius 3 is 2.37 bits per heavy atom. The Morgan fingerprint density at radius 1 is 0.978 bits per heavy atom. The quantitative estimate of drug-likeness (QED) is 0.180. The maximum Gasteiger partial charge on any atom is 0.255 e. The molecule has 6 aromatic rings. The second kappa shape index (κ2) is 11.9. The number of methoxy groups -OCH3 is 1. The number of aromatic nitrogens is 1. The van der Waals surface area contributed by atoms with Crippen LogP contribution in [0, 0.1) is 11.6 Å². The third-order valence-corrected chi connectivity index (χ3v) is 8.61. The van der Waals surface area contributed by atoms with Crippen molar-refractivity contribution in [2.45, 2.75) is 0 Å². The molecule has 4 aromatic carbocycles. The largest absolute Gasteiger partial charge is 0.496 e. The van der Waals surface area contributed by atoms with Crippen LogP contribution in [0.3, 0.4) is 0 Å². The molecule has 0 atom stereocenters. The highest BCUT2D eigenvalue weighted by Crippen LogP contribution is 2.44. The number of sulfonamides is 1. The van der Waals surface area contributed by atoms with Crippen LogP contribution in [-0.4, -0.2) is 52.9 Å². The average molecular weight is 650 g/mol. The van der Waals surface area contributed by atoms with Crippen LogP contribution >= 0.6 is 0 Å². The van der Waals surface area contributed by atoms with Gasteiger partial charge in [0, 0.05) is 29.6 Å². The normalized spacial score (nSPS) is 11.7. The lowest BCUT2D eigenvalue weighted by molar-refractivity contribution is 0.0964. The van der Waals surface area contributed by atoms with Crippen LogP contribution in [0.2, 0.25) is 0 Å². The number of hydrogen-bond donors (Lipinski definition) is 1. The van der Waals surface area contributed by atoms with Gasteiger partial charge in [0.25, 0.3) is 5.91 Å². The van der Waals surface area contributed by atoms with Crippen molar-refractivity contribution in [3.63, 3.8) is 0 Å². The molecule has 0 bridgehead atoms. The highest BCUT2D eigenvalue weighted by atomic mass is 32.2. The maximum atomic E-state index is 14.5. The van der Waals surface area contributed by atoms with E-state index in [2.05, 4.69) is 10.3 Å². The molecule has 46 heavy (non-hydrogen) atoms. The third-order valence-electron chi connectivity index (χ3n) is 7.43. The first-order valence-corrected chi connectivity index (χ1v) is 15.7. The number of rotatable bonds is 9. The lowest BCUT2D eigenvalue weighted by Gasteiger charge is -2.24. The van der Waals surface area contributed by atoms with Gasteiger partial charge in [0.15, 0.2) is 11.4 Å². The van der Waals surface area contributed by atoms with E-state index >= 15 is 0 Å². The molecule has 0 unspecified atom stereocenters. The minimum atomic E-state index is -4.02. The molecule has 2 heterocycles. The second-order valence-corrected chi connectivity index (χ2v) is 12.2. The van der Waals surface area contributed by atoms with Crippen molar-refractivity contribution >= 4 is 43.7 Å². The Hall–Kier alpha value is -5.30. The van der Waals surface area contributed by atoms with Gasteiger partial charge in [0.1, 0.15) is 35.1 Å². The van der Waals surface area contributed by atoms with E-state index in [1.807, 2.05) is 0 Å². The summed E-state index contributed by atoms with van der Waals surface area (Å²) in [5.74, 6) is -1.11. The van der Waals surface area contributed by atoms with Gasteiger partial charge in [-0.1, -0.05) is 12.1 Å². The van der Waals surface area contributed by atoms with Crippen LogP contribution in [-0.2, 0) is 10.0 Å². The molecule has 0 aliphatic heterocycles. The van der Waals surface area contributed by atoms with Gasteiger partial charge >= 0.3 is 0 Å². The van der Waals surface area contributed by atoms with Crippen molar-refractivity contribution < 1.29 is 40.0 Å². The van der Waals surface area contributed by atoms with E-state index in [0.29, 0.717) is 27.8 Å². The smallest absolute Gasteiger partial charge is 0.255 e. The number of halogens is 3. The fourth-order valence-corrected chi connectivity index (χ4v) is 6.25. The lowest BCUT2D eigenvalue weighted by Crippen LogP contribution is -2.32. The Morgan fingerprint density at radius 2 is 1.72 bits per heavy atom. The zero-order chi connectivity index (χ0) is 32.7. The lowest BCUT2D eigenvalue weighted by atomic mass is 9.97. The number of hydrogen-bond acceptors (Lipinski definition) is 7. The molecule has 0 saturated heterocycles. The van der Waals surface area contributed by atoms with Gasteiger partial charge in [-0.05, 0) is 60.2 Å². The number of amides is 1. The molecule has 13 heteroatoms. The fourth-order valence-electron chi connectivity index (χ4n) is 5.34. The van der Waals surface area contributed by atoms with E-state index in [9.17, 15) is 26.4 Å². The maximum absolute atomic E-state index is 14.5. The van der Waals surface area contributed by atoms with Gasteiger partial charge in [-0.15, -0.1) is 0 Å². The summed E-state index contributed by atoms with van der Waals surface area (Å²) in [6, 6.07) is 17.5. The third kappa shape index (κ3) is 5.42. The first-order chi connectivity index (χ1) is 22.0. The van der Waals surface area contributed by atoms with Crippen LogP contribution in [0.25, 0.3) is 56.0 Å². The zero-order valence-corrected chi connectivity index (χ0v) is 25.5. The number of furan rings is 1. The van der Waals surface area contributed by atoms with Crippen LogP contribution < -0.4 is 14.4 Å². The Balaban J connectivity index is 1.66. The van der Waals surface area contributed by atoms with Crippen molar-refractivity contribution in [2.24, 2.45) is 0 Å². The van der Waals surface area contributed by atoms with Gasteiger partial charge in [-0.3, -0.25) is 9.10 Å². The number of alkyl halides is 1. The molecule has 9 nitrogen and oxygen atoms in total. The van der Waals surface area contributed by atoms with Gasteiger partial charge in [-0.2, -0.15) is 0 Å². The summed E-state index contributed by atoms with van der Waals surface area (Å²) < 4.78 is 86.3. The predicted octanol–water partition coefficient (Wildman–Crippen LogP) is 6.96. The number of anilines is 1. The van der Waals surface area contributed by atoms with Crippen molar-refractivity contribution in [3.8, 4) is 39.7 Å². The SMILES string of the molecule is CNC(=O)c1c(-c2ccc(F)cc2)oc2cc(N(CCF)S(C)(=O)=O)c(-c3ccc(OC)c(-c4nc5cccc(F)c5o4)c3)cc12. The molecular weight excluding hydrogens is 623 g/mol. The Bertz CT molecular complexity index is 2230. The molecule has 0 fully saturated rings. The van der Waals surface area contributed by atoms with Crippen LogP contribution in [0.4, 0.5) is 18.9 Å². The molecule has 236 valence electrons. The molecule has 2 aromatic heterocycles. The average Bonchev–Trinajstić information content (AvgIpc) is 3.65. The van der Waals surface area contributed by atoms with Crippen molar-refractivity contribution in [2.75, 3.05) is 37.9 Å². The molecule has 0 saturated carbocycles. The van der Waals surface area contributed by atoms with E-state index in [4.69, 9.17) is 13.6 Å². The molecule has 1 amide bonds. The van der Waals surface area contributed by atoms with E-state index in [0.717, 1.165) is 10.6 Å². The van der Waals surface area contributed by atoms with Gasteiger partial charge in [0.2, 0.25) is 15.9 Å².